The zero-order valence-corrected chi connectivity index (χ0v) is 18.3. The number of carbonyl (C=O) groups excluding carboxylic acids is 3. The molecule has 0 aliphatic carbocycles. The van der Waals surface area contributed by atoms with Crippen molar-refractivity contribution in [2.75, 3.05) is 19.6 Å². The normalized spacial score (nSPS) is 18.8. The van der Waals surface area contributed by atoms with Crippen LogP contribution in [0.1, 0.15) is 58.3 Å². The van der Waals surface area contributed by atoms with E-state index in [1.165, 1.54) is 11.8 Å². The summed E-state index contributed by atoms with van der Waals surface area (Å²) in [6.07, 6.45) is 4.28. The van der Waals surface area contributed by atoms with Gasteiger partial charge >= 0.3 is 5.97 Å². The van der Waals surface area contributed by atoms with Crippen molar-refractivity contribution in [1.82, 2.24) is 15.5 Å². The Bertz CT molecular complexity index is 615. The van der Waals surface area contributed by atoms with Crippen molar-refractivity contribution in [3.63, 3.8) is 0 Å². The Kier molecular flexibility index (Phi) is 12.1. The molecule has 3 amide bonds. The molecular weight excluding hydrogens is 404 g/mol. The summed E-state index contributed by atoms with van der Waals surface area (Å²) in [5, 5.41) is 14.6. The number of carbonyl (C=O) groups is 4. The molecule has 11 heteroatoms. The Balaban J connectivity index is 2.85. The van der Waals surface area contributed by atoms with Gasteiger partial charge in [-0.05, 0) is 71.4 Å². The van der Waals surface area contributed by atoms with Crippen LogP contribution < -0.4 is 27.8 Å². The van der Waals surface area contributed by atoms with Gasteiger partial charge < -0.3 is 37.8 Å². The van der Waals surface area contributed by atoms with Crippen LogP contribution >= 0.6 is 0 Å². The second-order valence-corrected chi connectivity index (χ2v) is 8.01. The monoisotopic (exact) mass is 442 g/mol. The molecule has 0 aromatic heterocycles. The standard InChI is InChI=1S/C20H38N6O5/c1-13(23)17(27)24-14(7-2-4-10-21)19(29)26-12-6-9-16(26)18(28)25-15(20(30)31)8-3-5-11-22/h13-16H,2-12,21-23H2,1H3,(H,24,27)(H,25,28)(H,30,31)/t13-,14-,15-,16-/m0/s1. The molecule has 11 nitrogen and oxygen atoms in total. The summed E-state index contributed by atoms with van der Waals surface area (Å²) in [6.45, 7) is 2.81. The van der Waals surface area contributed by atoms with Gasteiger partial charge in [0.05, 0.1) is 6.04 Å². The molecule has 0 spiro atoms. The maximum atomic E-state index is 13.2. The molecule has 4 atom stereocenters. The third-order valence-corrected chi connectivity index (χ3v) is 5.38. The quantitative estimate of drug-likeness (QED) is 0.177. The summed E-state index contributed by atoms with van der Waals surface area (Å²) in [4.78, 5) is 51.0. The maximum absolute atomic E-state index is 13.2. The first-order valence-electron chi connectivity index (χ1n) is 11.0. The molecule has 178 valence electrons. The minimum atomic E-state index is -1.12. The summed E-state index contributed by atoms with van der Waals surface area (Å²) < 4.78 is 0. The highest BCUT2D eigenvalue weighted by molar-refractivity contribution is 5.94. The van der Waals surface area contributed by atoms with E-state index in [4.69, 9.17) is 17.2 Å². The van der Waals surface area contributed by atoms with Crippen molar-refractivity contribution in [2.24, 2.45) is 17.2 Å². The van der Waals surface area contributed by atoms with E-state index in [-0.39, 0.29) is 12.3 Å². The van der Waals surface area contributed by atoms with Crippen LogP contribution in [0.5, 0.6) is 0 Å². The Morgan fingerprint density at radius 2 is 1.58 bits per heavy atom. The number of nitrogens with one attached hydrogen (secondary N) is 2. The van der Waals surface area contributed by atoms with Crippen molar-refractivity contribution >= 4 is 23.7 Å². The molecule has 0 aromatic rings. The summed E-state index contributed by atoms with van der Waals surface area (Å²) >= 11 is 0. The van der Waals surface area contributed by atoms with Gasteiger partial charge in [0, 0.05) is 6.54 Å². The molecule has 0 bridgehead atoms. The molecule has 1 rings (SSSR count). The van der Waals surface area contributed by atoms with E-state index >= 15 is 0 Å². The number of aliphatic carboxylic acids is 1. The molecule has 9 N–H and O–H groups in total. The highest BCUT2D eigenvalue weighted by atomic mass is 16.4. The van der Waals surface area contributed by atoms with Gasteiger partial charge in [0.1, 0.15) is 18.1 Å². The molecule has 1 aliphatic rings. The molecule has 0 saturated carbocycles. The number of rotatable bonds is 14. The second-order valence-electron chi connectivity index (χ2n) is 8.01. The van der Waals surface area contributed by atoms with Gasteiger partial charge in [0.2, 0.25) is 17.7 Å². The van der Waals surface area contributed by atoms with Gasteiger partial charge in [-0.3, -0.25) is 14.4 Å². The average Bonchev–Trinajstić information content (AvgIpc) is 3.21. The molecule has 0 unspecified atom stereocenters. The summed E-state index contributed by atoms with van der Waals surface area (Å²) in [7, 11) is 0. The largest absolute Gasteiger partial charge is 0.480 e. The van der Waals surface area contributed by atoms with Crippen molar-refractivity contribution in [3.05, 3.63) is 0 Å². The van der Waals surface area contributed by atoms with Gasteiger partial charge in [-0.25, -0.2) is 4.79 Å². The minimum Gasteiger partial charge on any atom is -0.480 e. The fraction of sp³-hybridized carbons (Fsp3) is 0.800. The highest BCUT2D eigenvalue weighted by Crippen LogP contribution is 2.20. The summed E-state index contributed by atoms with van der Waals surface area (Å²) in [5.74, 6) is -2.42. The van der Waals surface area contributed by atoms with E-state index in [1.54, 1.807) is 0 Å². The van der Waals surface area contributed by atoms with Crippen molar-refractivity contribution in [1.29, 1.82) is 0 Å². The number of unbranched alkanes of at least 4 members (excludes halogenated alkanes) is 2. The van der Waals surface area contributed by atoms with Crippen LogP contribution in [0.15, 0.2) is 0 Å². The van der Waals surface area contributed by atoms with Crippen LogP contribution in [0.3, 0.4) is 0 Å². The van der Waals surface area contributed by atoms with E-state index in [0.717, 1.165) is 0 Å². The second kappa shape index (κ2) is 13.9. The van der Waals surface area contributed by atoms with E-state index in [0.29, 0.717) is 64.6 Å². The van der Waals surface area contributed by atoms with Gasteiger partial charge in [-0.15, -0.1) is 0 Å². The molecule has 0 radical (unpaired) electrons. The summed E-state index contributed by atoms with van der Waals surface area (Å²) in [6, 6.07) is -3.38. The Hall–Kier alpha value is -2.24. The topological polar surface area (TPSA) is 194 Å². The van der Waals surface area contributed by atoms with Gasteiger partial charge in [-0.1, -0.05) is 0 Å². The zero-order chi connectivity index (χ0) is 23.4. The molecule has 1 saturated heterocycles. The molecule has 1 aliphatic heterocycles. The smallest absolute Gasteiger partial charge is 0.326 e. The van der Waals surface area contributed by atoms with Crippen LogP contribution in [0.25, 0.3) is 0 Å². The molecular formula is C20H38N6O5. The van der Waals surface area contributed by atoms with Crippen molar-refractivity contribution in [3.8, 4) is 0 Å². The lowest BCUT2D eigenvalue weighted by Crippen LogP contribution is -2.56. The first-order valence-corrected chi connectivity index (χ1v) is 11.0. The third-order valence-electron chi connectivity index (χ3n) is 5.38. The lowest BCUT2D eigenvalue weighted by atomic mass is 10.1. The van der Waals surface area contributed by atoms with Crippen molar-refractivity contribution in [2.45, 2.75) is 82.5 Å². The first-order chi connectivity index (χ1) is 14.7. The van der Waals surface area contributed by atoms with Crippen LogP contribution in [-0.4, -0.2) is 77.5 Å². The average molecular weight is 443 g/mol. The number of likely N-dealkylation sites (tertiary alicyclic amines) is 1. The predicted molar refractivity (Wildman–Crippen MR) is 116 cm³/mol. The number of nitrogens with two attached hydrogens (primary N) is 3. The van der Waals surface area contributed by atoms with Crippen LogP contribution in [0.4, 0.5) is 0 Å². The maximum Gasteiger partial charge on any atom is 0.326 e. The number of amides is 3. The summed E-state index contributed by atoms with van der Waals surface area (Å²) in [5.41, 5.74) is 16.6. The lowest BCUT2D eigenvalue weighted by molar-refractivity contribution is -0.145. The lowest BCUT2D eigenvalue weighted by Gasteiger charge is -2.30. The number of hydrogen-bond donors (Lipinski definition) is 6. The Morgan fingerprint density at radius 1 is 1.00 bits per heavy atom. The van der Waals surface area contributed by atoms with Gasteiger partial charge in [0.15, 0.2) is 0 Å². The van der Waals surface area contributed by atoms with E-state index in [2.05, 4.69) is 10.6 Å². The van der Waals surface area contributed by atoms with Crippen LogP contribution in [-0.2, 0) is 19.2 Å². The fourth-order valence-electron chi connectivity index (χ4n) is 3.57. The molecule has 1 fully saturated rings. The fourth-order valence-corrected chi connectivity index (χ4v) is 3.57. The van der Waals surface area contributed by atoms with Gasteiger partial charge in [0.25, 0.3) is 0 Å². The molecule has 1 heterocycles. The number of carboxylic acid groups (broad SMARTS) is 1. The van der Waals surface area contributed by atoms with E-state index in [9.17, 15) is 24.3 Å². The SMILES string of the molecule is C[C@H](N)C(=O)N[C@@H](CCCCN)C(=O)N1CCC[C@H]1C(=O)N[C@@H](CCCCN)C(=O)O. The predicted octanol–water partition coefficient (Wildman–Crippen LogP) is -1.36. The van der Waals surface area contributed by atoms with Crippen molar-refractivity contribution < 1.29 is 24.3 Å². The van der Waals surface area contributed by atoms with E-state index in [1.807, 2.05) is 0 Å². The van der Waals surface area contributed by atoms with Crippen LogP contribution in [0, 0.1) is 0 Å². The molecule has 31 heavy (non-hydrogen) atoms. The number of nitrogens with zero attached hydrogens (tertiary/aromatic N) is 1. The number of carboxylic acids is 1. The third kappa shape index (κ3) is 8.80. The Labute approximate surface area is 183 Å². The minimum absolute atomic E-state index is 0.269. The highest BCUT2D eigenvalue weighted by Gasteiger charge is 2.38. The molecule has 0 aromatic carbocycles. The Morgan fingerprint density at radius 3 is 2.10 bits per heavy atom. The van der Waals surface area contributed by atoms with E-state index < -0.39 is 42.0 Å². The van der Waals surface area contributed by atoms with Gasteiger partial charge in [-0.2, -0.15) is 0 Å². The number of hydrogen-bond acceptors (Lipinski definition) is 7. The zero-order valence-electron chi connectivity index (χ0n) is 18.3. The van der Waals surface area contributed by atoms with Crippen LogP contribution in [0.2, 0.25) is 0 Å². The first kappa shape index (κ1) is 26.8.